The molecule has 4 aliphatic carbocycles. The summed E-state index contributed by atoms with van der Waals surface area (Å²) in [6, 6.07) is -0.193. The number of nitrogens with one attached hydrogen (secondary N) is 1. The Morgan fingerprint density at radius 1 is 1.10 bits per heavy atom. The van der Waals surface area contributed by atoms with E-state index in [-0.39, 0.29) is 23.6 Å². The third-order valence-corrected chi connectivity index (χ3v) is 6.15. The summed E-state index contributed by atoms with van der Waals surface area (Å²) in [7, 11) is 1.60. The van der Waals surface area contributed by atoms with Crippen molar-refractivity contribution in [2.75, 3.05) is 13.7 Å². The number of amides is 3. The zero-order valence-corrected chi connectivity index (χ0v) is 12.6. The maximum Gasteiger partial charge on any atom is 0.324 e. The van der Waals surface area contributed by atoms with Crippen molar-refractivity contribution in [3.63, 3.8) is 0 Å². The standard InChI is InChI=1S/C16H24N2O3/c1-21-13-5-14(19)18(15(20)17-9-13)16-6-10-2-11(7-16)4-12(3-10)8-16/h10-13H,2-9H2,1H3,(H,17,20). The predicted octanol–water partition coefficient (Wildman–Crippen LogP) is 1.91. The number of hydrogen-bond donors (Lipinski definition) is 1. The highest BCUT2D eigenvalue weighted by molar-refractivity contribution is 5.96. The van der Waals surface area contributed by atoms with Gasteiger partial charge in [0.25, 0.3) is 0 Å². The van der Waals surface area contributed by atoms with Crippen LogP contribution >= 0.6 is 0 Å². The van der Waals surface area contributed by atoms with Gasteiger partial charge in [-0.05, 0) is 56.3 Å². The molecule has 0 spiro atoms. The molecule has 116 valence electrons. The van der Waals surface area contributed by atoms with Crippen molar-refractivity contribution >= 4 is 11.9 Å². The van der Waals surface area contributed by atoms with E-state index in [9.17, 15) is 9.59 Å². The second-order valence-electron chi connectivity index (χ2n) is 7.62. The van der Waals surface area contributed by atoms with Crippen LogP contribution in [0.5, 0.6) is 0 Å². The molecule has 4 saturated carbocycles. The van der Waals surface area contributed by atoms with Gasteiger partial charge in [0.1, 0.15) is 0 Å². The monoisotopic (exact) mass is 292 g/mol. The molecular formula is C16H24N2O3. The fraction of sp³-hybridized carbons (Fsp3) is 0.875. The molecule has 1 atom stereocenters. The number of hydrogen-bond acceptors (Lipinski definition) is 3. The fourth-order valence-electron chi connectivity index (χ4n) is 5.74. The molecule has 0 aromatic rings. The minimum atomic E-state index is -0.196. The number of carbonyl (C=O) groups excluding carboxylic acids is 2. The molecule has 5 rings (SSSR count). The lowest BCUT2D eigenvalue weighted by Gasteiger charge is -2.59. The van der Waals surface area contributed by atoms with Crippen LogP contribution in [0, 0.1) is 17.8 Å². The summed E-state index contributed by atoms with van der Waals surface area (Å²) in [5, 5.41) is 2.89. The summed E-state index contributed by atoms with van der Waals surface area (Å²) in [5.74, 6) is 2.12. The van der Waals surface area contributed by atoms with E-state index in [1.165, 1.54) is 19.3 Å². The molecule has 3 amide bonds. The molecule has 5 heteroatoms. The van der Waals surface area contributed by atoms with Crippen molar-refractivity contribution in [3.05, 3.63) is 0 Å². The molecule has 5 fully saturated rings. The first-order valence-electron chi connectivity index (χ1n) is 8.23. The van der Waals surface area contributed by atoms with Gasteiger partial charge in [0.15, 0.2) is 0 Å². The Bertz CT molecular complexity index is 441. The zero-order chi connectivity index (χ0) is 14.6. The summed E-state index contributed by atoms with van der Waals surface area (Å²) in [4.78, 5) is 26.8. The fourth-order valence-corrected chi connectivity index (χ4v) is 5.74. The Morgan fingerprint density at radius 2 is 1.67 bits per heavy atom. The molecule has 1 unspecified atom stereocenters. The Kier molecular flexibility index (Phi) is 3.03. The maximum absolute atomic E-state index is 12.7. The molecule has 1 heterocycles. The Labute approximate surface area is 125 Å². The topological polar surface area (TPSA) is 58.6 Å². The third kappa shape index (κ3) is 2.08. The van der Waals surface area contributed by atoms with Gasteiger partial charge >= 0.3 is 6.03 Å². The number of urea groups is 1. The molecule has 1 aliphatic heterocycles. The van der Waals surface area contributed by atoms with E-state index < -0.39 is 0 Å². The van der Waals surface area contributed by atoms with Gasteiger partial charge in [-0.1, -0.05) is 0 Å². The molecule has 0 aromatic carbocycles. The molecule has 5 nitrogen and oxygen atoms in total. The third-order valence-electron chi connectivity index (χ3n) is 6.15. The van der Waals surface area contributed by atoms with Crippen molar-refractivity contribution < 1.29 is 14.3 Å². The van der Waals surface area contributed by atoms with E-state index >= 15 is 0 Å². The average Bonchev–Trinajstić information content (AvgIpc) is 2.55. The van der Waals surface area contributed by atoms with Gasteiger partial charge in [-0.15, -0.1) is 0 Å². The van der Waals surface area contributed by atoms with E-state index in [0.717, 1.165) is 37.0 Å². The summed E-state index contributed by atoms with van der Waals surface area (Å²) in [5.41, 5.74) is -0.196. The largest absolute Gasteiger partial charge is 0.379 e. The second-order valence-corrected chi connectivity index (χ2v) is 7.62. The highest BCUT2D eigenvalue weighted by Crippen LogP contribution is 2.58. The maximum atomic E-state index is 12.7. The molecule has 0 radical (unpaired) electrons. The van der Waals surface area contributed by atoms with Crippen molar-refractivity contribution in [1.82, 2.24) is 10.2 Å². The Morgan fingerprint density at radius 3 is 2.19 bits per heavy atom. The van der Waals surface area contributed by atoms with Crippen LogP contribution in [0.25, 0.3) is 0 Å². The zero-order valence-electron chi connectivity index (χ0n) is 12.6. The van der Waals surface area contributed by atoms with Crippen LogP contribution in [-0.4, -0.2) is 42.1 Å². The molecule has 1 N–H and O–H groups in total. The first-order chi connectivity index (χ1) is 10.1. The van der Waals surface area contributed by atoms with Gasteiger partial charge in [0.2, 0.25) is 5.91 Å². The van der Waals surface area contributed by atoms with Crippen molar-refractivity contribution in [2.24, 2.45) is 17.8 Å². The Hall–Kier alpha value is -1.10. The SMILES string of the molecule is COC1CNC(=O)N(C23CC4CC(CC(C4)C2)C3)C(=O)C1. The highest BCUT2D eigenvalue weighted by atomic mass is 16.5. The van der Waals surface area contributed by atoms with Crippen LogP contribution in [0.3, 0.4) is 0 Å². The summed E-state index contributed by atoms with van der Waals surface area (Å²) in [6.45, 7) is 0.434. The van der Waals surface area contributed by atoms with Gasteiger partial charge in [0.05, 0.1) is 18.1 Å². The summed E-state index contributed by atoms with van der Waals surface area (Å²) in [6.07, 6.45) is 7.12. The van der Waals surface area contributed by atoms with E-state index in [2.05, 4.69) is 5.32 Å². The molecule has 0 aromatic heterocycles. The van der Waals surface area contributed by atoms with E-state index in [4.69, 9.17) is 4.74 Å². The van der Waals surface area contributed by atoms with E-state index in [1.807, 2.05) is 0 Å². The quantitative estimate of drug-likeness (QED) is 0.846. The number of carbonyl (C=O) groups is 2. The second kappa shape index (κ2) is 4.70. The van der Waals surface area contributed by atoms with Crippen LogP contribution < -0.4 is 5.32 Å². The smallest absolute Gasteiger partial charge is 0.324 e. The lowest BCUT2D eigenvalue weighted by Crippen LogP contribution is -2.64. The van der Waals surface area contributed by atoms with Gasteiger partial charge in [-0.25, -0.2) is 4.79 Å². The van der Waals surface area contributed by atoms with Crippen LogP contribution in [0.2, 0.25) is 0 Å². The van der Waals surface area contributed by atoms with Crippen LogP contribution in [0.15, 0.2) is 0 Å². The van der Waals surface area contributed by atoms with E-state index in [1.54, 1.807) is 12.0 Å². The van der Waals surface area contributed by atoms with Gasteiger partial charge < -0.3 is 10.1 Å². The number of nitrogens with zero attached hydrogens (tertiary/aromatic N) is 1. The van der Waals surface area contributed by atoms with Gasteiger partial charge in [-0.2, -0.15) is 0 Å². The average molecular weight is 292 g/mol. The minimum absolute atomic E-state index is 0.0428. The van der Waals surface area contributed by atoms with Crippen LogP contribution in [-0.2, 0) is 9.53 Å². The molecule has 21 heavy (non-hydrogen) atoms. The predicted molar refractivity (Wildman–Crippen MR) is 76.6 cm³/mol. The molecular weight excluding hydrogens is 268 g/mol. The van der Waals surface area contributed by atoms with Crippen LogP contribution in [0.4, 0.5) is 4.79 Å². The minimum Gasteiger partial charge on any atom is -0.379 e. The first-order valence-corrected chi connectivity index (χ1v) is 8.23. The highest BCUT2D eigenvalue weighted by Gasteiger charge is 2.56. The van der Waals surface area contributed by atoms with Crippen LogP contribution in [0.1, 0.15) is 44.9 Å². The number of rotatable bonds is 2. The van der Waals surface area contributed by atoms with E-state index in [0.29, 0.717) is 13.0 Å². The van der Waals surface area contributed by atoms with Crippen molar-refractivity contribution in [2.45, 2.75) is 56.6 Å². The normalized spacial score (nSPS) is 45.7. The van der Waals surface area contributed by atoms with Gasteiger partial charge in [-0.3, -0.25) is 9.69 Å². The summed E-state index contributed by atoms with van der Waals surface area (Å²) >= 11 is 0. The number of methoxy groups -OCH3 is 1. The van der Waals surface area contributed by atoms with Crippen molar-refractivity contribution in [1.29, 1.82) is 0 Å². The lowest BCUT2D eigenvalue weighted by atomic mass is 9.52. The lowest BCUT2D eigenvalue weighted by molar-refractivity contribution is -0.144. The number of imide groups is 1. The molecule has 1 saturated heterocycles. The van der Waals surface area contributed by atoms with Gasteiger partial charge in [0, 0.05) is 13.7 Å². The number of ether oxygens (including phenoxy) is 1. The first kappa shape index (κ1) is 13.6. The molecule has 5 aliphatic rings. The van der Waals surface area contributed by atoms with Crippen molar-refractivity contribution in [3.8, 4) is 0 Å². The Balaban J connectivity index is 1.65. The molecule has 4 bridgehead atoms. The summed E-state index contributed by atoms with van der Waals surface area (Å²) < 4.78 is 5.29.